The summed E-state index contributed by atoms with van der Waals surface area (Å²) in [7, 11) is 1.53. The molecular formula is C26H37FN2O. The van der Waals surface area contributed by atoms with Gasteiger partial charge in [-0.25, -0.2) is 4.39 Å². The van der Waals surface area contributed by atoms with Gasteiger partial charge in [-0.1, -0.05) is 81.3 Å². The van der Waals surface area contributed by atoms with E-state index in [-0.39, 0.29) is 5.82 Å². The molecule has 0 amide bonds. The molecule has 0 saturated heterocycles. The molecule has 0 aliphatic heterocycles. The van der Waals surface area contributed by atoms with E-state index < -0.39 is 0 Å². The molecule has 0 spiro atoms. The summed E-state index contributed by atoms with van der Waals surface area (Å²) >= 11 is 0. The smallest absolute Gasteiger partial charge is 0.123 e. The first-order chi connectivity index (χ1) is 14.7. The quantitative estimate of drug-likeness (QED) is 0.188. The van der Waals surface area contributed by atoms with Gasteiger partial charge in [0.05, 0.1) is 5.71 Å². The highest BCUT2D eigenvalue weighted by Crippen LogP contribution is 2.15. The zero-order valence-corrected chi connectivity index (χ0v) is 18.6. The number of aryl methyl sites for hydroxylation is 1. The van der Waals surface area contributed by atoms with Gasteiger partial charge in [0.15, 0.2) is 0 Å². The monoisotopic (exact) mass is 412 g/mol. The van der Waals surface area contributed by atoms with Crippen molar-refractivity contribution in [2.75, 3.05) is 19.0 Å². The van der Waals surface area contributed by atoms with Crippen molar-refractivity contribution < 1.29 is 9.23 Å². The minimum atomic E-state index is -0.249. The highest BCUT2D eigenvalue weighted by molar-refractivity contribution is 6.00. The third kappa shape index (κ3) is 9.43. The van der Waals surface area contributed by atoms with Crippen molar-refractivity contribution in [2.45, 2.75) is 71.1 Å². The van der Waals surface area contributed by atoms with E-state index in [2.05, 4.69) is 41.7 Å². The van der Waals surface area contributed by atoms with Gasteiger partial charge in [0.2, 0.25) is 0 Å². The lowest BCUT2D eigenvalue weighted by Crippen LogP contribution is -2.10. The largest absolute Gasteiger partial charge is 0.399 e. The SMILES string of the molecule is CCCCCCCCCCc1ccc(NCC/C(=N/OC)c2ccc(F)cc2)cc1. The fraction of sp³-hybridized carbons (Fsp3) is 0.500. The van der Waals surface area contributed by atoms with Gasteiger partial charge in [0.25, 0.3) is 0 Å². The zero-order chi connectivity index (χ0) is 21.4. The van der Waals surface area contributed by atoms with Crippen LogP contribution in [0.1, 0.15) is 75.8 Å². The van der Waals surface area contributed by atoms with E-state index in [1.54, 1.807) is 12.1 Å². The molecule has 0 bridgehead atoms. The number of hydrogen-bond acceptors (Lipinski definition) is 3. The number of benzene rings is 2. The van der Waals surface area contributed by atoms with Crippen LogP contribution in [0.3, 0.4) is 0 Å². The molecule has 1 N–H and O–H groups in total. The summed E-state index contributed by atoms with van der Waals surface area (Å²) < 4.78 is 13.1. The van der Waals surface area contributed by atoms with Gasteiger partial charge in [-0.2, -0.15) is 0 Å². The summed E-state index contributed by atoms with van der Waals surface area (Å²) in [6.07, 6.45) is 12.7. The van der Waals surface area contributed by atoms with Crippen LogP contribution in [0.25, 0.3) is 0 Å². The first-order valence-electron chi connectivity index (χ1n) is 11.4. The number of rotatable bonds is 15. The van der Waals surface area contributed by atoms with Crippen molar-refractivity contribution in [3.63, 3.8) is 0 Å². The highest BCUT2D eigenvalue weighted by Gasteiger charge is 2.05. The molecule has 0 saturated carbocycles. The lowest BCUT2D eigenvalue weighted by atomic mass is 10.0. The van der Waals surface area contributed by atoms with Crippen molar-refractivity contribution in [1.82, 2.24) is 0 Å². The second-order valence-electron chi connectivity index (χ2n) is 7.83. The lowest BCUT2D eigenvalue weighted by Gasteiger charge is -2.10. The summed E-state index contributed by atoms with van der Waals surface area (Å²) in [4.78, 5) is 4.95. The van der Waals surface area contributed by atoms with Crippen molar-refractivity contribution in [2.24, 2.45) is 5.16 Å². The van der Waals surface area contributed by atoms with Gasteiger partial charge in [-0.3, -0.25) is 0 Å². The molecule has 2 aromatic rings. The van der Waals surface area contributed by atoms with Crippen LogP contribution < -0.4 is 5.32 Å². The van der Waals surface area contributed by atoms with E-state index in [0.29, 0.717) is 6.42 Å². The standard InChI is InChI=1S/C26H37FN2O/c1-3-4-5-6-7-8-9-10-11-22-12-18-25(19-13-22)28-21-20-26(29-30-2)23-14-16-24(27)17-15-23/h12-19,28H,3-11,20-21H2,1-2H3/b29-26-. The number of halogens is 1. The molecule has 30 heavy (non-hydrogen) atoms. The predicted octanol–water partition coefficient (Wildman–Crippen LogP) is 7.36. The molecule has 2 rings (SSSR count). The van der Waals surface area contributed by atoms with Gasteiger partial charge in [0.1, 0.15) is 12.9 Å². The average Bonchev–Trinajstić information content (AvgIpc) is 2.76. The topological polar surface area (TPSA) is 33.6 Å². The minimum Gasteiger partial charge on any atom is -0.399 e. The number of nitrogens with one attached hydrogen (secondary N) is 1. The minimum absolute atomic E-state index is 0.249. The van der Waals surface area contributed by atoms with Gasteiger partial charge in [-0.15, -0.1) is 0 Å². The van der Waals surface area contributed by atoms with Gasteiger partial charge in [0, 0.05) is 18.7 Å². The Morgan fingerprint density at radius 2 is 1.50 bits per heavy atom. The maximum atomic E-state index is 13.1. The Labute approximate surface area is 181 Å². The predicted molar refractivity (Wildman–Crippen MR) is 126 cm³/mol. The van der Waals surface area contributed by atoms with Crippen LogP contribution in [-0.4, -0.2) is 19.4 Å². The van der Waals surface area contributed by atoms with Crippen molar-refractivity contribution in [3.05, 3.63) is 65.5 Å². The first-order valence-corrected chi connectivity index (χ1v) is 11.4. The number of anilines is 1. The number of oxime groups is 1. The zero-order valence-electron chi connectivity index (χ0n) is 18.6. The molecule has 0 unspecified atom stereocenters. The Hall–Kier alpha value is -2.36. The number of nitrogens with zero attached hydrogens (tertiary/aromatic N) is 1. The third-order valence-electron chi connectivity index (χ3n) is 5.34. The summed E-state index contributed by atoms with van der Waals surface area (Å²) in [5.41, 5.74) is 4.18. The fourth-order valence-corrected chi connectivity index (χ4v) is 3.57. The van der Waals surface area contributed by atoms with Crippen molar-refractivity contribution >= 4 is 11.4 Å². The van der Waals surface area contributed by atoms with E-state index in [1.807, 2.05) is 0 Å². The maximum Gasteiger partial charge on any atom is 0.123 e. The Morgan fingerprint density at radius 1 is 0.867 bits per heavy atom. The van der Waals surface area contributed by atoms with E-state index in [4.69, 9.17) is 4.84 Å². The van der Waals surface area contributed by atoms with Crippen LogP contribution in [0.2, 0.25) is 0 Å². The molecule has 0 fully saturated rings. The number of hydrogen-bond donors (Lipinski definition) is 1. The fourth-order valence-electron chi connectivity index (χ4n) is 3.57. The first kappa shape index (κ1) is 23.9. The summed E-state index contributed by atoms with van der Waals surface area (Å²) in [6.45, 7) is 3.00. The van der Waals surface area contributed by atoms with Crippen LogP contribution in [0.4, 0.5) is 10.1 Å². The van der Waals surface area contributed by atoms with Crippen LogP contribution in [-0.2, 0) is 11.3 Å². The number of unbranched alkanes of at least 4 members (excludes halogenated alkanes) is 7. The molecular weight excluding hydrogens is 375 g/mol. The molecule has 2 aromatic carbocycles. The van der Waals surface area contributed by atoms with Gasteiger partial charge >= 0.3 is 0 Å². The summed E-state index contributed by atoms with van der Waals surface area (Å²) in [5, 5.41) is 7.53. The van der Waals surface area contributed by atoms with Crippen molar-refractivity contribution in [3.8, 4) is 0 Å². The molecule has 0 aromatic heterocycles. The molecule has 0 atom stereocenters. The van der Waals surface area contributed by atoms with Crippen molar-refractivity contribution in [1.29, 1.82) is 0 Å². The Bertz CT molecular complexity index is 726. The normalized spacial score (nSPS) is 11.5. The van der Waals surface area contributed by atoms with Crippen LogP contribution in [0.5, 0.6) is 0 Å². The molecule has 0 aliphatic rings. The van der Waals surface area contributed by atoms with E-state index >= 15 is 0 Å². The Kier molecular flexibility index (Phi) is 11.6. The molecule has 0 radical (unpaired) electrons. The second-order valence-corrected chi connectivity index (χ2v) is 7.83. The molecule has 4 heteroatoms. The molecule has 3 nitrogen and oxygen atoms in total. The van der Waals surface area contributed by atoms with E-state index in [9.17, 15) is 4.39 Å². The third-order valence-corrected chi connectivity index (χ3v) is 5.34. The van der Waals surface area contributed by atoms with E-state index in [0.717, 1.165) is 29.9 Å². The average molecular weight is 413 g/mol. The summed E-state index contributed by atoms with van der Waals surface area (Å²) in [5.74, 6) is -0.249. The second kappa shape index (κ2) is 14.6. The van der Waals surface area contributed by atoms with Gasteiger partial charge < -0.3 is 10.2 Å². The summed E-state index contributed by atoms with van der Waals surface area (Å²) in [6, 6.07) is 15.1. The Morgan fingerprint density at radius 3 is 2.13 bits per heavy atom. The lowest BCUT2D eigenvalue weighted by molar-refractivity contribution is 0.213. The van der Waals surface area contributed by atoms with E-state index in [1.165, 1.54) is 76.2 Å². The Balaban J connectivity index is 1.67. The van der Waals surface area contributed by atoms with Gasteiger partial charge in [-0.05, 0) is 48.2 Å². The maximum absolute atomic E-state index is 13.1. The molecule has 0 heterocycles. The molecule has 164 valence electrons. The molecule has 0 aliphatic carbocycles. The van der Waals surface area contributed by atoms with Crippen LogP contribution in [0.15, 0.2) is 53.7 Å². The van der Waals surface area contributed by atoms with Crippen LogP contribution >= 0.6 is 0 Å². The van der Waals surface area contributed by atoms with Crippen LogP contribution in [0, 0.1) is 5.82 Å². The highest BCUT2D eigenvalue weighted by atomic mass is 19.1.